The van der Waals surface area contributed by atoms with Gasteiger partial charge in [-0.1, -0.05) is 12.5 Å². The molecule has 2 unspecified atom stereocenters. The molecule has 1 saturated heterocycles. The zero-order chi connectivity index (χ0) is 15.5. The van der Waals surface area contributed by atoms with Gasteiger partial charge in [-0.05, 0) is 43.9 Å². The third-order valence-electron chi connectivity index (χ3n) is 4.58. The van der Waals surface area contributed by atoms with Crippen molar-refractivity contribution in [3.63, 3.8) is 0 Å². The molecular weight excluding hydrogens is 314 g/mol. The first kappa shape index (κ1) is 17.8. The van der Waals surface area contributed by atoms with Crippen molar-refractivity contribution in [3.8, 4) is 0 Å². The number of hydrogen-bond acceptors (Lipinski definition) is 3. The predicted octanol–water partition coefficient (Wildman–Crippen LogP) is 2.69. The second-order valence-corrected chi connectivity index (χ2v) is 6.31. The van der Waals surface area contributed by atoms with E-state index in [0.29, 0.717) is 6.42 Å². The molecule has 2 aliphatic rings. The molecule has 0 bridgehead atoms. The molecule has 3 rings (SSSR count). The van der Waals surface area contributed by atoms with Crippen molar-refractivity contribution >= 4 is 35.6 Å². The molecule has 1 aromatic rings. The third-order valence-corrected chi connectivity index (χ3v) is 4.58. The minimum Gasteiger partial charge on any atom is -0.328 e. The summed E-state index contributed by atoms with van der Waals surface area (Å²) in [6.07, 6.45) is 5.20. The van der Waals surface area contributed by atoms with Crippen LogP contribution in [0.2, 0.25) is 0 Å². The lowest BCUT2D eigenvalue weighted by atomic mass is 9.85. The van der Waals surface area contributed by atoms with E-state index in [4.69, 9.17) is 5.73 Å². The Morgan fingerprint density at radius 1 is 1.26 bits per heavy atom. The minimum atomic E-state index is 0. The molecule has 1 aliphatic heterocycles. The highest BCUT2D eigenvalue weighted by atomic mass is 35.5. The van der Waals surface area contributed by atoms with Crippen molar-refractivity contribution in [2.24, 2.45) is 11.7 Å². The molecular formula is C17H24ClN3O2. The quantitative estimate of drug-likeness (QED) is 0.890. The highest BCUT2D eigenvalue weighted by molar-refractivity contribution is 5.97. The largest absolute Gasteiger partial charge is 0.328 e. The molecule has 3 N–H and O–H groups in total. The SMILES string of the molecule is Cl.NC1CCCC(C(=O)Nc2cccc(N3CCCC3=O)c2)C1. The average Bonchev–Trinajstić information content (AvgIpc) is 2.94. The Morgan fingerprint density at radius 2 is 2.09 bits per heavy atom. The van der Waals surface area contributed by atoms with Crippen LogP contribution < -0.4 is 16.0 Å². The smallest absolute Gasteiger partial charge is 0.227 e. The fourth-order valence-electron chi connectivity index (χ4n) is 3.38. The Balaban J connectivity index is 0.00000192. The third kappa shape index (κ3) is 4.24. The van der Waals surface area contributed by atoms with E-state index in [0.717, 1.165) is 50.0 Å². The Labute approximate surface area is 143 Å². The molecule has 0 aromatic heterocycles. The molecule has 126 valence electrons. The summed E-state index contributed by atoms with van der Waals surface area (Å²) in [5.74, 6) is 0.197. The number of carbonyl (C=O) groups is 2. The van der Waals surface area contributed by atoms with Gasteiger partial charge in [0, 0.05) is 36.3 Å². The van der Waals surface area contributed by atoms with Gasteiger partial charge in [-0.25, -0.2) is 0 Å². The van der Waals surface area contributed by atoms with E-state index in [9.17, 15) is 9.59 Å². The normalized spacial score (nSPS) is 24.2. The summed E-state index contributed by atoms with van der Waals surface area (Å²) < 4.78 is 0. The lowest BCUT2D eigenvalue weighted by Gasteiger charge is -2.25. The first-order chi connectivity index (χ1) is 10.6. The molecule has 23 heavy (non-hydrogen) atoms. The topological polar surface area (TPSA) is 75.4 Å². The zero-order valence-corrected chi connectivity index (χ0v) is 14.0. The Kier molecular flexibility index (Phi) is 6.02. The highest BCUT2D eigenvalue weighted by Crippen LogP contribution is 2.27. The van der Waals surface area contributed by atoms with Crippen molar-refractivity contribution in [3.05, 3.63) is 24.3 Å². The second kappa shape index (κ2) is 7.79. The summed E-state index contributed by atoms with van der Waals surface area (Å²) in [5, 5.41) is 2.98. The summed E-state index contributed by atoms with van der Waals surface area (Å²) in [5.41, 5.74) is 7.57. The second-order valence-electron chi connectivity index (χ2n) is 6.31. The molecule has 2 atom stereocenters. The van der Waals surface area contributed by atoms with E-state index in [-0.39, 0.29) is 36.2 Å². The van der Waals surface area contributed by atoms with Gasteiger partial charge in [-0.3, -0.25) is 9.59 Å². The molecule has 0 radical (unpaired) electrons. The van der Waals surface area contributed by atoms with Gasteiger partial charge >= 0.3 is 0 Å². The highest BCUT2D eigenvalue weighted by Gasteiger charge is 2.26. The van der Waals surface area contributed by atoms with Crippen LogP contribution in [0.4, 0.5) is 11.4 Å². The number of hydrogen-bond donors (Lipinski definition) is 2. The van der Waals surface area contributed by atoms with Crippen LogP contribution in [0.3, 0.4) is 0 Å². The molecule has 6 heteroatoms. The lowest BCUT2D eigenvalue weighted by molar-refractivity contribution is -0.121. The molecule has 1 aromatic carbocycles. The maximum Gasteiger partial charge on any atom is 0.227 e. The molecule has 1 aliphatic carbocycles. The van der Waals surface area contributed by atoms with E-state index in [1.165, 1.54) is 0 Å². The number of rotatable bonds is 3. The monoisotopic (exact) mass is 337 g/mol. The number of nitrogens with two attached hydrogens (primary N) is 1. The number of nitrogens with one attached hydrogen (secondary N) is 1. The predicted molar refractivity (Wildman–Crippen MR) is 93.8 cm³/mol. The van der Waals surface area contributed by atoms with Crippen molar-refractivity contribution in [1.82, 2.24) is 0 Å². The van der Waals surface area contributed by atoms with Crippen LogP contribution >= 0.6 is 12.4 Å². The zero-order valence-electron chi connectivity index (χ0n) is 13.2. The van der Waals surface area contributed by atoms with Crippen LogP contribution in [0.15, 0.2) is 24.3 Å². The number of benzene rings is 1. The lowest BCUT2D eigenvalue weighted by Crippen LogP contribution is -2.34. The Morgan fingerprint density at radius 3 is 2.78 bits per heavy atom. The van der Waals surface area contributed by atoms with E-state index in [1.807, 2.05) is 24.3 Å². The molecule has 0 spiro atoms. The van der Waals surface area contributed by atoms with E-state index in [1.54, 1.807) is 4.90 Å². The van der Waals surface area contributed by atoms with Crippen molar-refractivity contribution in [2.45, 2.75) is 44.6 Å². The van der Waals surface area contributed by atoms with E-state index >= 15 is 0 Å². The van der Waals surface area contributed by atoms with Gasteiger partial charge in [0.2, 0.25) is 11.8 Å². The molecule has 5 nitrogen and oxygen atoms in total. The van der Waals surface area contributed by atoms with E-state index in [2.05, 4.69) is 5.32 Å². The number of halogens is 1. The van der Waals surface area contributed by atoms with Gasteiger partial charge in [0.1, 0.15) is 0 Å². The first-order valence-corrected chi connectivity index (χ1v) is 8.10. The summed E-state index contributed by atoms with van der Waals surface area (Å²) in [6, 6.07) is 7.67. The standard InChI is InChI=1S/C17H23N3O2.ClH/c18-13-5-1-4-12(10-13)17(22)19-14-6-2-7-15(11-14)20-9-3-8-16(20)21;/h2,6-7,11-13H,1,3-5,8-10,18H2,(H,19,22);1H. The maximum absolute atomic E-state index is 12.4. The summed E-state index contributed by atoms with van der Waals surface area (Å²) >= 11 is 0. The van der Waals surface area contributed by atoms with Gasteiger partial charge in [0.15, 0.2) is 0 Å². The number of anilines is 2. The van der Waals surface area contributed by atoms with Crippen LogP contribution in [0, 0.1) is 5.92 Å². The molecule has 1 saturated carbocycles. The molecule has 1 heterocycles. The van der Waals surface area contributed by atoms with Gasteiger partial charge in [-0.15, -0.1) is 12.4 Å². The average molecular weight is 338 g/mol. The number of amides is 2. The molecule has 2 amide bonds. The first-order valence-electron chi connectivity index (χ1n) is 8.10. The van der Waals surface area contributed by atoms with Gasteiger partial charge in [0.05, 0.1) is 0 Å². The number of carbonyl (C=O) groups excluding carboxylic acids is 2. The van der Waals surface area contributed by atoms with Crippen LogP contribution in [-0.2, 0) is 9.59 Å². The Bertz CT molecular complexity index is 579. The molecule has 2 fully saturated rings. The van der Waals surface area contributed by atoms with Crippen LogP contribution in [-0.4, -0.2) is 24.4 Å². The Hall–Kier alpha value is -1.59. The van der Waals surface area contributed by atoms with Crippen molar-refractivity contribution in [2.75, 3.05) is 16.8 Å². The minimum absolute atomic E-state index is 0. The van der Waals surface area contributed by atoms with Gasteiger partial charge < -0.3 is 16.0 Å². The van der Waals surface area contributed by atoms with E-state index < -0.39 is 0 Å². The van der Waals surface area contributed by atoms with Crippen molar-refractivity contribution in [1.29, 1.82) is 0 Å². The van der Waals surface area contributed by atoms with Crippen LogP contribution in [0.5, 0.6) is 0 Å². The summed E-state index contributed by atoms with van der Waals surface area (Å²) in [7, 11) is 0. The van der Waals surface area contributed by atoms with Gasteiger partial charge in [-0.2, -0.15) is 0 Å². The summed E-state index contributed by atoms with van der Waals surface area (Å²) in [6.45, 7) is 0.758. The van der Waals surface area contributed by atoms with Crippen LogP contribution in [0.25, 0.3) is 0 Å². The fraction of sp³-hybridized carbons (Fsp3) is 0.529. The van der Waals surface area contributed by atoms with Crippen LogP contribution in [0.1, 0.15) is 38.5 Å². The number of nitrogens with zero attached hydrogens (tertiary/aromatic N) is 1. The van der Waals surface area contributed by atoms with Gasteiger partial charge in [0.25, 0.3) is 0 Å². The fourth-order valence-corrected chi connectivity index (χ4v) is 3.38. The van der Waals surface area contributed by atoms with Crippen molar-refractivity contribution < 1.29 is 9.59 Å². The summed E-state index contributed by atoms with van der Waals surface area (Å²) in [4.78, 5) is 26.0. The maximum atomic E-state index is 12.4.